The molecule has 2 aromatic carbocycles. The summed E-state index contributed by atoms with van der Waals surface area (Å²) in [6.45, 7) is 0.586. The molecule has 0 atom stereocenters. The Morgan fingerprint density at radius 2 is 2.05 bits per heavy atom. The molecule has 2 aromatic rings. The van der Waals surface area contributed by atoms with Crippen LogP contribution in [0.3, 0.4) is 0 Å². The molecule has 20 heavy (non-hydrogen) atoms. The van der Waals surface area contributed by atoms with Gasteiger partial charge >= 0.3 is 0 Å². The average molecular weight is 290 g/mol. The molecule has 0 spiro atoms. The van der Waals surface area contributed by atoms with Crippen molar-refractivity contribution < 1.29 is 9.13 Å². The number of hydrogen-bond acceptors (Lipinski definition) is 2. The number of benzene rings is 2. The number of halogens is 2. The zero-order valence-electron chi connectivity index (χ0n) is 10.7. The van der Waals surface area contributed by atoms with Gasteiger partial charge in [-0.25, -0.2) is 4.39 Å². The van der Waals surface area contributed by atoms with Crippen LogP contribution in [0.5, 0.6) is 5.75 Å². The van der Waals surface area contributed by atoms with Crippen LogP contribution in [0.2, 0.25) is 5.02 Å². The molecule has 2 nitrogen and oxygen atoms in total. The summed E-state index contributed by atoms with van der Waals surface area (Å²) in [5.41, 5.74) is 6.89. The molecule has 102 valence electrons. The Hall–Kier alpha value is -2.02. The lowest BCUT2D eigenvalue weighted by molar-refractivity contribution is 0.306. The van der Waals surface area contributed by atoms with Gasteiger partial charge in [-0.2, -0.15) is 0 Å². The quantitative estimate of drug-likeness (QED) is 0.879. The number of rotatable bonds is 3. The van der Waals surface area contributed by atoms with Crippen molar-refractivity contribution in [1.29, 1.82) is 0 Å². The maximum absolute atomic E-state index is 12.9. The summed E-state index contributed by atoms with van der Waals surface area (Å²) in [5, 5.41) is 0.351. The number of hydrogen-bond donors (Lipinski definition) is 1. The molecule has 0 aliphatic carbocycles. The van der Waals surface area contributed by atoms with Crippen LogP contribution in [0, 0.1) is 17.7 Å². The Labute approximate surface area is 122 Å². The van der Waals surface area contributed by atoms with Gasteiger partial charge in [-0.05, 0) is 30.3 Å². The summed E-state index contributed by atoms with van der Waals surface area (Å²) in [6, 6.07) is 11.6. The highest BCUT2D eigenvalue weighted by Crippen LogP contribution is 2.20. The van der Waals surface area contributed by atoms with Crippen LogP contribution in [-0.2, 0) is 6.61 Å². The van der Waals surface area contributed by atoms with E-state index in [-0.39, 0.29) is 12.4 Å². The molecular weight excluding hydrogens is 277 g/mol. The normalized spacial score (nSPS) is 9.75. The van der Waals surface area contributed by atoms with Crippen molar-refractivity contribution >= 4 is 11.6 Å². The van der Waals surface area contributed by atoms with E-state index < -0.39 is 0 Å². The first-order valence-corrected chi connectivity index (χ1v) is 6.42. The van der Waals surface area contributed by atoms with Crippen LogP contribution in [0.1, 0.15) is 11.1 Å². The SMILES string of the molecule is NCC#Cc1cccc(OCc2ccc(F)cc2Cl)c1. The lowest BCUT2D eigenvalue weighted by Gasteiger charge is -2.08. The van der Waals surface area contributed by atoms with E-state index in [1.807, 2.05) is 24.3 Å². The monoisotopic (exact) mass is 289 g/mol. The van der Waals surface area contributed by atoms with Gasteiger partial charge in [0.25, 0.3) is 0 Å². The van der Waals surface area contributed by atoms with Gasteiger partial charge in [0.05, 0.1) is 11.6 Å². The van der Waals surface area contributed by atoms with Crippen molar-refractivity contribution in [2.75, 3.05) is 6.54 Å². The predicted octanol–water partition coefficient (Wildman–Crippen LogP) is 3.37. The van der Waals surface area contributed by atoms with Crippen LogP contribution < -0.4 is 10.5 Å². The molecule has 0 aromatic heterocycles. The minimum Gasteiger partial charge on any atom is -0.489 e. The van der Waals surface area contributed by atoms with E-state index in [1.165, 1.54) is 12.1 Å². The third-order valence-corrected chi connectivity index (χ3v) is 2.93. The molecule has 0 saturated heterocycles. The second-order valence-electron chi connectivity index (χ2n) is 4.06. The summed E-state index contributed by atoms with van der Waals surface area (Å²) in [6.07, 6.45) is 0. The molecular formula is C16H13ClFNO. The van der Waals surface area contributed by atoms with Crippen molar-refractivity contribution in [2.45, 2.75) is 6.61 Å². The average Bonchev–Trinajstić information content (AvgIpc) is 2.45. The Balaban J connectivity index is 2.07. The number of nitrogens with two attached hydrogens (primary N) is 1. The largest absolute Gasteiger partial charge is 0.489 e. The highest BCUT2D eigenvalue weighted by molar-refractivity contribution is 6.31. The maximum Gasteiger partial charge on any atom is 0.124 e. The van der Waals surface area contributed by atoms with Crippen LogP contribution in [0.15, 0.2) is 42.5 Å². The van der Waals surface area contributed by atoms with Gasteiger partial charge in [0, 0.05) is 11.1 Å². The first-order valence-electron chi connectivity index (χ1n) is 6.05. The van der Waals surface area contributed by atoms with E-state index in [4.69, 9.17) is 22.1 Å². The minimum absolute atomic E-state index is 0.271. The van der Waals surface area contributed by atoms with Crippen LogP contribution in [-0.4, -0.2) is 6.54 Å². The Bertz CT molecular complexity index is 661. The van der Waals surface area contributed by atoms with E-state index in [9.17, 15) is 4.39 Å². The molecule has 0 unspecified atom stereocenters. The first-order chi connectivity index (χ1) is 9.69. The second-order valence-corrected chi connectivity index (χ2v) is 4.47. The molecule has 2 rings (SSSR count). The van der Waals surface area contributed by atoms with E-state index >= 15 is 0 Å². The predicted molar refractivity (Wildman–Crippen MR) is 78.1 cm³/mol. The van der Waals surface area contributed by atoms with Crippen molar-refractivity contribution in [3.8, 4) is 17.6 Å². The van der Waals surface area contributed by atoms with Crippen LogP contribution in [0.4, 0.5) is 4.39 Å². The fraction of sp³-hybridized carbons (Fsp3) is 0.125. The Kier molecular flexibility index (Phi) is 5.00. The summed E-state index contributed by atoms with van der Waals surface area (Å²) in [5.74, 6) is 6.02. The molecule has 0 fully saturated rings. The smallest absolute Gasteiger partial charge is 0.124 e. The van der Waals surface area contributed by atoms with E-state index in [0.29, 0.717) is 17.3 Å². The van der Waals surface area contributed by atoms with Crippen molar-refractivity contribution in [1.82, 2.24) is 0 Å². The van der Waals surface area contributed by atoms with E-state index in [2.05, 4.69) is 11.8 Å². The molecule has 0 amide bonds. The Morgan fingerprint density at radius 3 is 2.80 bits per heavy atom. The molecule has 0 bridgehead atoms. The fourth-order valence-corrected chi connectivity index (χ4v) is 1.84. The van der Waals surface area contributed by atoms with E-state index in [1.54, 1.807) is 6.07 Å². The first kappa shape index (κ1) is 14.4. The van der Waals surface area contributed by atoms with Crippen LogP contribution >= 0.6 is 11.6 Å². The molecule has 0 saturated carbocycles. The number of ether oxygens (including phenoxy) is 1. The van der Waals surface area contributed by atoms with E-state index in [0.717, 1.165) is 11.1 Å². The van der Waals surface area contributed by atoms with Crippen LogP contribution in [0.25, 0.3) is 0 Å². The summed E-state index contributed by atoms with van der Waals surface area (Å²) >= 11 is 5.94. The van der Waals surface area contributed by atoms with Gasteiger partial charge in [0.1, 0.15) is 18.2 Å². The molecule has 0 aliphatic heterocycles. The topological polar surface area (TPSA) is 35.2 Å². The standard InChI is InChI=1S/C16H13ClFNO/c17-16-10-14(18)7-6-13(16)11-20-15-5-1-3-12(9-15)4-2-8-19/h1,3,5-7,9-10H,8,11,19H2. The highest BCUT2D eigenvalue weighted by atomic mass is 35.5. The molecule has 2 N–H and O–H groups in total. The molecule has 0 radical (unpaired) electrons. The molecule has 4 heteroatoms. The van der Waals surface area contributed by atoms with Gasteiger partial charge in [-0.1, -0.05) is 35.6 Å². The Morgan fingerprint density at radius 1 is 1.20 bits per heavy atom. The second kappa shape index (κ2) is 6.95. The zero-order chi connectivity index (χ0) is 14.4. The minimum atomic E-state index is -0.363. The lowest BCUT2D eigenvalue weighted by Crippen LogP contribution is -1.97. The highest BCUT2D eigenvalue weighted by Gasteiger charge is 2.03. The summed E-state index contributed by atoms with van der Waals surface area (Å²) in [4.78, 5) is 0. The van der Waals surface area contributed by atoms with Crippen molar-refractivity contribution in [3.05, 3.63) is 64.4 Å². The molecule has 0 heterocycles. The third-order valence-electron chi connectivity index (χ3n) is 2.58. The molecule has 0 aliphatic rings. The third kappa shape index (κ3) is 3.99. The maximum atomic E-state index is 12.9. The zero-order valence-corrected chi connectivity index (χ0v) is 11.5. The fourth-order valence-electron chi connectivity index (χ4n) is 1.62. The van der Waals surface area contributed by atoms with Gasteiger partial charge < -0.3 is 10.5 Å². The summed E-state index contributed by atoms with van der Waals surface area (Å²) in [7, 11) is 0. The van der Waals surface area contributed by atoms with Gasteiger partial charge in [0.2, 0.25) is 0 Å². The van der Waals surface area contributed by atoms with Gasteiger partial charge in [-0.15, -0.1) is 0 Å². The van der Waals surface area contributed by atoms with Gasteiger partial charge in [-0.3, -0.25) is 0 Å². The summed E-state index contributed by atoms with van der Waals surface area (Å²) < 4.78 is 18.6. The van der Waals surface area contributed by atoms with Gasteiger partial charge in [0.15, 0.2) is 0 Å². The lowest BCUT2D eigenvalue weighted by atomic mass is 10.2. The van der Waals surface area contributed by atoms with Crippen molar-refractivity contribution in [3.63, 3.8) is 0 Å². The van der Waals surface area contributed by atoms with Crippen molar-refractivity contribution in [2.24, 2.45) is 5.73 Å².